The molecule has 0 aromatic heterocycles. The van der Waals surface area contributed by atoms with E-state index in [1.807, 2.05) is 43.3 Å². The Morgan fingerprint density at radius 3 is 2.67 bits per heavy atom. The van der Waals surface area contributed by atoms with Gasteiger partial charge >= 0.3 is 0 Å². The van der Waals surface area contributed by atoms with Crippen LogP contribution < -0.4 is 5.32 Å². The Morgan fingerprint density at radius 2 is 1.86 bits per heavy atom. The lowest BCUT2D eigenvalue weighted by Gasteiger charge is -2.17. The van der Waals surface area contributed by atoms with E-state index in [0.29, 0.717) is 0 Å². The summed E-state index contributed by atoms with van der Waals surface area (Å²) in [6.45, 7) is 1.97. The molecule has 2 nitrogen and oxygen atoms in total. The second-order valence-corrected chi connectivity index (χ2v) is 6.79. The van der Waals surface area contributed by atoms with Crippen molar-refractivity contribution in [3.63, 3.8) is 0 Å². The smallest absolute Gasteiger partial charge is 0.233 e. The van der Waals surface area contributed by atoms with Gasteiger partial charge in [0.25, 0.3) is 0 Å². The van der Waals surface area contributed by atoms with Gasteiger partial charge in [0.2, 0.25) is 5.91 Å². The zero-order chi connectivity index (χ0) is 14.7. The van der Waals surface area contributed by atoms with E-state index in [0.717, 1.165) is 17.7 Å². The van der Waals surface area contributed by atoms with Crippen LogP contribution in [0.1, 0.15) is 30.5 Å². The second-order valence-electron chi connectivity index (χ2n) is 5.37. The number of nitrogens with one attached hydrogen (secondary N) is 1. The van der Waals surface area contributed by atoms with Gasteiger partial charge in [-0.25, -0.2) is 0 Å². The van der Waals surface area contributed by atoms with E-state index in [-0.39, 0.29) is 17.2 Å². The van der Waals surface area contributed by atoms with E-state index in [1.54, 1.807) is 11.8 Å². The van der Waals surface area contributed by atoms with Crippen LogP contribution in [0.3, 0.4) is 0 Å². The van der Waals surface area contributed by atoms with Crippen molar-refractivity contribution in [1.29, 1.82) is 0 Å². The molecule has 0 aliphatic heterocycles. The summed E-state index contributed by atoms with van der Waals surface area (Å²) in [5, 5.41) is 3.11. The maximum atomic E-state index is 12.4. The highest BCUT2D eigenvalue weighted by molar-refractivity contribution is 8.00. The largest absolute Gasteiger partial charge is 0.348 e. The van der Waals surface area contributed by atoms with Crippen LogP contribution in [0.25, 0.3) is 0 Å². The fraction of sp³-hybridized carbons (Fsp3) is 0.278. The van der Waals surface area contributed by atoms with Crippen LogP contribution in [0.5, 0.6) is 0 Å². The van der Waals surface area contributed by atoms with Crippen molar-refractivity contribution in [2.45, 2.75) is 36.0 Å². The molecule has 3 rings (SSSR count). The standard InChI is InChI=1S/C18H19NOS/c1-13(21-15-8-3-2-4-9-15)18(20)19-17-12-11-14-7-5-6-10-16(14)17/h2-10,13,17H,11-12H2,1H3,(H,19,20). The average molecular weight is 297 g/mol. The number of rotatable bonds is 4. The third kappa shape index (κ3) is 3.30. The molecule has 0 spiro atoms. The van der Waals surface area contributed by atoms with Gasteiger partial charge in [-0.2, -0.15) is 0 Å². The predicted octanol–water partition coefficient (Wildman–Crippen LogP) is 3.97. The van der Waals surface area contributed by atoms with E-state index >= 15 is 0 Å². The fourth-order valence-electron chi connectivity index (χ4n) is 2.75. The van der Waals surface area contributed by atoms with Crippen molar-refractivity contribution in [3.8, 4) is 0 Å². The molecule has 0 saturated carbocycles. The first-order valence-corrected chi connectivity index (χ1v) is 8.22. The van der Waals surface area contributed by atoms with Crippen molar-refractivity contribution < 1.29 is 4.79 Å². The number of fused-ring (bicyclic) bond motifs is 1. The van der Waals surface area contributed by atoms with Crippen LogP contribution in [-0.2, 0) is 11.2 Å². The summed E-state index contributed by atoms with van der Waals surface area (Å²) in [5.74, 6) is 0.116. The second kappa shape index (κ2) is 6.35. The number of amides is 1. The molecular formula is C18H19NOS. The topological polar surface area (TPSA) is 29.1 Å². The number of benzene rings is 2. The Morgan fingerprint density at radius 1 is 1.14 bits per heavy atom. The highest BCUT2D eigenvalue weighted by atomic mass is 32.2. The summed E-state index contributed by atoms with van der Waals surface area (Å²) in [6, 6.07) is 18.6. The lowest BCUT2D eigenvalue weighted by Crippen LogP contribution is -2.33. The van der Waals surface area contributed by atoms with Crippen LogP contribution in [0.4, 0.5) is 0 Å². The molecule has 0 fully saturated rings. The van der Waals surface area contributed by atoms with E-state index in [9.17, 15) is 4.79 Å². The maximum Gasteiger partial charge on any atom is 0.233 e. The van der Waals surface area contributed by atoms with Crippen molar-refractivity contribution in [3.05, 3.63) is 65.7 Å². The normalized spacial score (nSPS) is 18.0. The molecule has 2 unspecified atom stereocenters. The third-order valence-corrected chi connectivity index (χ3v) is 4.99. The maximum absolute atomic E-state index is 12.4. The molecule has 0 saturated heterocycles. The van der Waals surface area contributed by atoms with Crippen molar-refractivity contribution in [1.82, 2.24) is 5.32 Å². The lowest BCUT2D eigenvalue weighted by molar-refractivity contribution is -0.121. The zero-order valence-corrected chi connectivity index (χ0v) is 12.9. The molecule has 1 aliphatic carbocycles. The molecule has 21 heavy (non-hydrogen) atoms. The zero-order valence-electron chi connectivity index (χ0n) is 12.1. The van der Waals surface area contributed by atoms with Gasteiger partial charge in [-0.1, -0.05) is 42.5 Å². The van der Waals surface area contributed by atoms with Gasteiger partial charge < -0.3 is 5.32 Å². The molecular weight excluding hydrogens is 278 g/mol. The van der Waals surface area contributed by atoms with Crippen LogP contribution in [0.2, 0.25) is 0 Å². The molecule has 0 radical (unpaired) electrons. The lowest BCUT2D eigenvalue weighted by atomic mass is 10.1. The van der Waals surface area contributed by atoms with Gasteiger partial charge in [-0.3, -0.25) is 4.79 Å². The van der Waals surface area contributed by atoms with Crippen LogP contribution in [0.15, 0.2) is 59.5 Å². The Kier molecular flexibility index (Phi) is 4.30. The minimum Gasteiger partial charge on any atom is -0.348 e. The first-order valence-electron chi connectivity index (χ1n) is 7.34. The van der Waals surface area contributed by atoms with Crippen LogP contribution >= 0.6 is 11.8 Å². The number of hydrogen-bond acceptors (Lipinski definition) is 2. The number of thioether (sulfide) groups is 1. The molecule has 2 aromatic carbocycles. The summed E-state index contributed by atoms with van der Waals surface area (Å²) < 4.78 is 0. The molecule has 0 heterocycles. The molecule has 1 aliphatic rings. The molecule has 2 atom stereocenters. The average Bonchev–Trinajstić information content (AvgIpc) is 2.91. The highest BCUT2D eigenvalue weighted by Gasteiger charge is 2.25. The van der Waals surface area contributed by atoms with Gasteiger partial charge in [0.15, 0.2) is 0 Å². The molecule has 0 bridgehead atoms. The minimum absolute atomic E-state index is 0.0832. The summed E-state index contributed by atoms with van der Waals surface area (Å²) in [5.41, 5.74) is 2.65. The van der Waals surface area contributed by atoms with Crippen molar-refractivity contribution >= 4 is 17.7 Å². The van der Waals surface area contributed by atoms with Crippen molar-refractivity contribution in [2.24, 2.45) is 0 Å². The molecule has 108 valence electrons. The Balaban J connectivity index is 1.62. The minimum atomic E-state index is -0.0832. The highest BCUT2D eigenvalue weighted by Crippen LogP contribution is 2.31. The van der Waals surface area contributed by atoms with Gasteiger partial charge in [0.05, 0.1) is 11.3 Å². The number of carbonyl (C=O) groups excluding carboxylic acids is 1. The monoisotopic (exact) mass is 297 g/mol. The first-order chi connectivity index (χ1) is 10.2. The molecule has 3 heteroatoms. The van der Waals surface area contributed by atoms with Crippen LogP contribution in [-0.4, -0.2) is 11.2 Å². The van der Waals surface area contributed by atoms with E-state index < -0.39 is 0 Å². The summed E-state index contributed by atoms with van der Waals surface area (Å²) in [7, 11) is 0. The van der Waals surface area contributed by atoms with Crippen LogP contribution in [0, 0.1) is 0 Å². The summed E-state index contributed by atoms with van der Waals surface area (Å²) >= 11 is 1.60. The third-order valence-electron chi connectivity index (χ3n) is 3.87. The fourth-order valence-corrected chi connectivity index (χ4v) is 3.65. The van der Waals surface area contributed by atoms with E-state index in [2.05, 4.69) is 23.5 Å². The van der Waals surface area contributed by atoms with Gasteiger partial charge in [0, 0.05) is 4.90 Å². The summed E-state index contributed by atoms with van der Waals surface area (Å²) in [4.78, 5) is 13.5. The van der Waals surface area contributed by atoms with Gasteiger partial charge in [-0.05, 0) is 43.0 Å². The Labute approximate surface area is 130 Å². The van der Waals surface area contributed by atoms with E-state index in [4.69, 9.17) is 0 Å². The predicted molar refractivity (Wildman–Crippen MR) is 87.4 cm³/mol. The first kappa shape index (κ1) is 14.2. The SMILES string of the molecule is CC(Sc1ccccc1)C(=O)NC1CCc2ccccc21. The molecule has 1 N–H and O–H groups in total. The van der Waals surface area contributed by atoms with Gasteiger partial charge in [-0.15, -0.1) is 11.8 Å². The quantitative estimate of drug-likeness (QED) is 0.865. The molecule has 1 amide bonds. The molecule has 2 aromatic rings. The summed E-state index contributed by atoms with van der Waals surface area (Å²) in [6.07, 6.45) is 2.06. The Bertz CT molecular complexity index is 626. The number of hydrogen-bond donors (Lipinski definition) is 1. The van der Waals surface area contributed by atoms with Crippen molar-refractivity contribution in [2.75, 3.05) is 0 Å². The Hall–Kier alpha value is -1.74. The number of aryl methyl sites for hydroxylation is 1. The number of carbonyl (C=O) groups is 1. The van der Waals surface area contributed by atoms with E-state index in [1.165, 1.54) is 11.1 Å². The van der Waals surface area contributed by atoms with Gasteiger partial charge in [0.1, 0.15) is 0 Å².